The molecule has 0 aliphatic carbocycles. The fraction of sp³-hybridized carbons (Fsp3) is 0.278. The molecule has 0 radical (unpaired) electrons. The maximum Gasteiger partial charge on any atom is 0.223 e. The van der Waals surface area contributed by atoms with Crippen LogP contribution in [0.3, 0.4) is 0 Å². The quantitative estimate of drug-likeness (QED) is 0.854. The third-order valence-corrected chi connectivity index (χ3v) is 3.67. The molecule has 0 heterocycles. The van der Waals surface area contributed by atoms with Crippen molar-refractivity contribution in [3.05, 3.63) is 65.7 Å². The van der Waals surface area contributed by atoms with Crippen LogP contribution in [0.4, 0.5) is 5.69 Å². The van der Waals surface area contributed by atoms with Crippen LogP contribution >= 0.6 is 0 Å². The first kappa shape index (κ1) is 15.1. The van der Waals surface area contributed by atoms with Crippen molar-refractivity contribution in [1.29, 1.82) is 0 Å². The SMILES string of the molecule is CC(CC(=O)N(C)Cc1ccccc1)c1ccc(N)cc1. The van der Waals surface area contributed by atoms with Gasteiger partial charge in [-0.25, -0.2) is 0 Å². The summed E-state index contributed by atoms with van der Waals surface area (Å²) in [7, 11) is 1.85. The van der Waals surface area contributed by atoms with Crippen LogP contribution in [0.25, 0.3) is 0 Å². The van der Waals surface area contributed by atoms with E-state index < -0.39 is 0 Å². The minimum atomic E-state index is 0.156. The molecule has 21 heavy (non-hydrogen) atoms. The van der Waals surface area contributed by atoms with Gasteiger partial charge in [0.1, 0.15) is 0 Å². The van der Waals surface area contributed by atoms with Crippen molar-refractivity contribution in [3.8, 4) is 0 Å². The van der Waals surface area contributed by atoms with E-state index >= 15 is 0 Å². The van der Waals surface area contributed by atoms with Gasteiger partial charge < -0.3 is 10.6 Å². The van der Waals surface area contributed by atoms with Crippen molar-refractivity contribution in [2.45, 2.75) is 25.8 Å². The number of carbonyl (C=O) groups is 1. The number of carbonyl (C=O) groups excluding carboxylic acids is 1. The molecule has 1 atom stereocenters. The lowest BCUT2D eigenvalue weighted by Gasteiger charge is -2.20. The fourth-order valence-electron chi connectivity index (χ4n) is 2.31. The van der Waals surface area contributed by atoms with Crippen LogP contribution in [-0.4, -0.2) is 17.9 Å². The summed E-state index contributed by atoms with van der Waals surface area (Å²) in [5, 5.41) is 0. The highest BCUT2D eigenvalue weighted by Gasteiger charge is 2.15. The molecular weight excluding hydrogens is 260 g/mol. The van der Waals surface area contributed by atoms with Crippen LogP contribution in [-0.2, 0) is 11.3 Å². The molecule has 2 aromatic carbocycles. The molecule has 1 unspecified atom stereocenters. The van der Waals surface area contributed by atoms with E-state index in [0.29, 0.717) is 13.0 Å². The van der Waals surface area contributed by atoms with Gasteiger partial charge in [0.15, 0.2) is 0 Å². The van der Waals surface area contributed by atoms with Crippen LogP contribution in [0.1, 0.15) is 30.4 Å². The largest absolute Gasteiger partial charge is 0.399 e. The lowest BCUT2D eigenvalue weighted by atomic mass is 9.97. The molecule has 2 N–H and O–H groups in total. The number of hydrogen-bond donors (Lipinski definition) is 1. The van der Waals surface area contributed by atoms with Crippen LogP contribution in [0.15, 0.2) is 54.6 Å². The Hall–Kier alpha value is -2.29. The summed E-state index contributed by atoms with van der Waals surface area (Å²) in [4.78, 5) is 14.1. The third-order valence-electron chi connectivity index (χ3n) is 3.67. The predicted molar refractivity (Wildman–Crippen MR) is 86.8 cm³/mol. The average Bonchev–Trinajstić information content (AvgIpc) is 2.48. The van der Waals surface area contributed by atoms with Gasteiger partial charge in [-0.3, -0.25) is 4.79 Å². The van der Waals surface area contributed by atoms with E-state index in [4.69, 9.17) is 5.73 Å². The summed E-state index contributed by atoms with van der Waals surface area (Å²) >= 11 is 0. The van der Waals surface area contributed by atoms with Gasteiger partial charge in [0.2, 0.25) is 5.91 Å². The number of nitrogen functional groups attached to an aromatic ring is 1. The van der Waals surface area contributed by atoms with Gasteiger partial charge in [-0.1, -0.05) is 49.4 Å². The number of hydrogen-bond acceptors (Lipinski definition) is 2. The number of nitrogens with two attached hydrogens (primary N) is 1. The molecule has 0 fully saturated rings. The molecule has 0 bridgehead atoms. The molecule has 0 saturated carbocycles. The fourth-order valence-corrected chi connectivity index (χ4v) is 2.31. The Morgan fingerprint density at radius 2 is 1.71 bits per heavy atom. The highest BCUT2D eigenvalue weighted by molar-refractivity contribution is 5.76. The van der Waals surface area contributed by atoms with Crippen molar-refractivity contribution in [2.24, 2.45) is 0 Å². The molecule has 3 heteroatoms. The Morgan fingerprint density at radius 1 is 1.10 bits per heavy atom. The van der Waals surface area contributed by atoms with Gasteiger partial charge in [0.25, 0.3) is 0 Å². The normalized spacial score (nSPS) is 11.9. The van der Waals surface area contributed by atoms with Crippen LogP contribution in [0, 0.1) is 0 Å². The minimum Gasteiger partial charge on any atom is -0.399 e. The zero-order valence-electron chi connectivity index (χ0n) is 12.6. The number of amides is 1. The van der Waals surface area contributed by atoms with Gasteiger partial charge in [-0.2, -0.15) is 0 Å². The monoisotopic (exact) mass is 282 g/mol. The van der Waals surface area contributed by atoms with Crippen molar-refractivity contribution in [1.82, 2.24) is 4.90 Å². The second kappa shape index (κ2) is 6.93. The second-order valence-corrected chi connectivity index (χ2v) is 5.51. The Morgan fingerprint density at radius 3 is 2.33 bits per heavy atom. The van der Waals surface area contributed by atoms with E-state index in [9.17, 15) is 4.79 Å². The summed E-state index contributed by atoms with van der Waals surface area (Å²) in [6.45, 7) is 2.72. The van der Waals surface area contributed by atoms with E-state index in [1.165, 1.54) is 0 Å². The van der Waals surface area contributed by atoms with Crippen LogP contribution < -0.4 is 5.73 Å². The Bertz CT molecular complexity index is 578. The average molecular weight is 282 g/mol. The summed E-state index contributed by atoms with van der Waals surface area (Å²) < 4.78 is 0. The molecular formula is C18H22N2O. The molecule has 110 valence electrons. The lowest BCUT2D eigenvalue weighted by molar-refractivity contribution is -0.130. The Labute approximate surface area is 126 Å². The van der Waals surface area contributed by atoms with Gasteiger partial charge in [-0.05, 0) is 29.2 Å². The summed E-state index contributed by atoms with van der Waals surface area (Å²) in [5.41, 5.74) is 8.73. The predicted octanol–water partition coefficient (Wildman–Crippen LogP) is 3.42. The molecule has 3 nitrogen and oxygen atoms in total. The van der Waals surface area contributed by atoms with E-state index in [1.54, 1.807) is 4.90 Å². The Kier molecular flexibility index (Phi) is 4.99. The smallest absolute Gasteiger partial charge is 0.223 e. The van der Waals surface area contributed by atoms with Crippen LogP contribution in [0.5, 0.6) is 0 Å². The van der Waals surface area contributed by atoms with Crippen molar-refractivity contribution >= 4 is 11.6 Å². The Balaban J connectivity index is 1.92. The van der Waals surface area contributed by atoms with Gasteiger partial charge in [0, 0.05) is 25.7 Å². The van der Waals surface area contributed by atoms with Crippen molar-refractivity contribution < 1.29 is 4.79 Å². The standard InChI is InChI=1S/C18H22N2O/c1-14(16-8-10-17(19)11-9-16)12-18(21)20(2)13-15-6-4-3-5-7-15/h3-11,14H,12-13,19H2,1-2H3. The third kappa shape index (κ3) is 4.35. The molecule has 0 spiro atoms. The zero-order chi connectivity index (χ0) is 15.2. The summed E-state index contributed by atoms with van der Waals surface area (Å²) in [5.74, 6) is 0.347. The van der Waals surface area contributed by atoms with E-state index in [0.717, 1.165) is 16.8 Å². The van der Waals surface area contributed by atoms with Crippen LogP contribution in [0.2, 0.25) is 0 Å². The number of benzene rings is 2. The number of rotatable bonds is 5. The molecule has 0 aliphatic heterocycles. The highest BCUT2D eigenvalue weighted by atomic mass is 16.2. The van der Waals surface area contributed by atoms with E-state index in [-0.39, 0.29) is 11.8 Å². The van der Waals surface area contributed by atoms with Gasteiger partial charge >= 0.3 is 0 Å². The number of anilines is 1. The first-order chi connectivity index (χ1) is 10.1. The number of nitrogens with zero attached hydrogens (tertiary/aromatic N) is 1. The van der Waals surface area contributed by atoms with E-state index in [1.807, 2.05) is 61.6 Å². The summed E-state index contributed by atoms with van der Waals surface area (Å²) in [6, 6.07) is 17.8. The molecule has 2 aromatic rings. The zero-order valence-corrected chi connectivity index (χ0v) is 12.6. The van der Waals surface area contributed by atoms with E-state index in [2.05, 4.69) is 6.92 Å². The summed E-state index contributed by atoms with van der Waals surface area (Å²) in [6.07, 6.45) is 0.507. The maximum absolute atomic E-state index is 12.3. The molecule has 0 saturated heterocycles. The molecule has 1 amide bonds. The molecule has 0 aromatic heterocycles. The first-order valence-electron chi connectivity index (χ1n) is 7.19. The van der Waals surface area contributed by atoms with Gasteiger partial charge in [-0.15, -0.1) is 0 Å². The maximum atomic E-state index is 12.3. The second-order valence-electron chi connectivity index (χ2n) is 5.51. The highest BCUT2D eigenvalue weighted by Crippen LogP contribution is 2.21. The van der Waals surface area contributed by atoms with Crippen molar-refractivity contribution in [3.63, 3.8) is 0 Å². The topological polar surface area (TPSA) is 46.3 Å². The van der Waals surface area contributed by atoms with Gasteiger partial charge in [0.05, 0.1) is 0 Å². The van der Waals surface area contributed by atoms with Crippen molar-refractivity contribution in [2.75, 3.05) is 12.8 Å². The molecule has 2 rings (SSSR count). The minimum absolute atomic E-state index is 0.156. The lowest BCUT2D eigenvalue weighted by Crippen LogP contribution is -2.27. The molecule has 0 aliphatic rings. The first-order valence-corrected chi connectivity index (χ1v) is 7.19.